The molecule has 3 aromatic carbocycles. The third-order valence-electron chi connectivity index (χ3n) is 5.96. The van der Waals surface area contributed by atoms with E-state index in [1.165, 1.54) is 82.3 Å². The summed E-state index contributed by atoms with van der Waals surface area (Å²) in [5, 5.41) is 19.1. The number of benzene rings is 3. The number of methoxy groups -OCH3 is 3. The van der Waals surface area contributed by atoms with Crippen molar-refractivity contribution < 1.29 is 42.4 Å². The van der Waals surface area contributed by atoms with E-state index in [-0.39, 0.29) is 46.1 Å². The minimum absolute atomic E-state index is 0.00662. The molecule has 1 heterocycles. The maximum Gasteiger partial charge on any atom is 0.263 e. The van der Waals surface area contributed by atoms with Crippen LogP contribution in [0, 0.1) is 0 Å². The van der Waals surface area contributed by atoms with Crippen LogP contribution in [0.25, 0.3) is 12.2 Å². The highest BCUT2D eigenvalue weighted by Crippen LogP contribution is 2.28. The molecule has 1 aromatic heterocycles. The zero-order valence-corrected chi connectivity index (χ0v) is 25.9. The van der Waals surface area contributed by atoms with Crippen LogP contribution < -0.4 is 24.7 Å². The molecular formula is C32H32N4O9S. The maximum atomic E-state index is 12.1. The first kappa shape index (κ1) is 34.6. The number of aromatic hydroxyl groups is 2. The van der Waals surface area contributed by atoms with Crippen LogP contribution in [-0.2, 0) is 19.6 Å². The highest BCUT2D eigenvalue weighted by Gasteiger charge is 2.17. The van der Waals surface area contributed by atoms with E-state index < -0.39 is 10.0 Å². The lowest BCUT2D eigenvalue weighted by atomic mass is 10.1. The molecule has 46 heavy (non-hydrogen) atoms. The van der Waals surface area contributed by atoms with Gasteiger partial charge >= 0.3 is 0 Å². The second-order valence-electron chi connectivity index (χ2n) is 9.23. The van der Waals surface area contributed by atoms with E-state index in [1.54, 1.807) is 36.4 Å². The van der Waals surface area contributed by atoms with Gasteiger partial charge in [-0.05, 0) is 71.8 Å². The average molecular weight is 649 g/mol. The maximum absolute atomic E-state index is 12.1. The van der Waals surface area contributed by atoms with Crippen molar-refractivity contribution in [3.05, 3.63) is 96.3 Å². The van der Waals surface area contributed by atoms with E-state index in [1.807, 2.05) is 0 Å². The topological polar surface area (TPSA) is 200 Å². The van der Waals surface area contributed by atoms with E-state index in [4.69, 9.17) is 19.9 Å². The molecule has 13 nitrogen and oxygen atoms in total. The first-order chi connectivity index (χ1) is 21.9. The number of nitrogens with two attached hydrogens (primary N) is 1. The number of ether oxygens (including phenoxy) is 3. The number of aromatic nitrogens is 2. The number of carbonyl (C=O) groups excluding carboxylic acids is 2. The van der Waals surface area contributed by atoms with E-state index in [0.29, 0.717) is 28.3 Å². The molecule has 0 unspecified atom stereocenters. The number of anilines is 2. The third-order valence-corrected chi connectivity index (χ3v) is 7.31. The molecule has 0 aliphatic carbocycles. The number of rotatable bonds is 12. The van der Waals surface area contributed by atoms with Crippen LogP contribution in [0.2, 0.25) is 0 Å². The second kappa shape index (κ2) is 16.3. The van der Waals surface area contributed by atoms with Crippen LogP contribution in [0.5, 0.6) is 28.9 Å². The summed E-state index contributed by atoms with van der Waals surface area (Å²) < 4.78 is 41.4. The summed E-state index contributed by atoms with van der Waals surface area (Å²) in [6.45, 7) is 0. The second-order valence-corrected chi connectivity index (χ2v) is 10.9. The highest BCUT2D eigenvalue weighted by molar-refractivity contribution is 7.92. The van der Waals surface area contributed by atoms with Crippen LogP contribution in [-0.4, -0.2) is 61.5 Å². The predicted octanol–water partition coefficient (Wildman–Crippen LogP) is 4.24. The molecule has 0 saturated heterocycles. The number of ketones is 2. The summed E-state index contributed by atoms with van der Waals surface area (Å²) in [4.78, 5) is 31.7. The van der Waals surface area contributed by atoms with Gasteiger partial charge in [-0.1, -0.05) is 24.3 Å². The summed E-state index contributed by atoms with van der Waals surface area (Å²) in [6.07, 6.45) is 8.21. The molecular weight excluding hydrogens is 616 g/mol. The molecule has 0 aliphatic rings. The van der Waals surface area contributed by atoms with Crippen LogP contribution in [0.4, 0.5) is 11.5 Å². The number of hydrogen-bond donors (Lipinski definition) is 4. The molecule has 0 radical (unpaired) electrons. The van der Waals surface area contributed by atoms with Gasteiger partial charge in [0.15, 0.2) is 34.6 Å². The van der Waals surface area contributed by atoms with Gasteiger partial charge in [-0.3, -0.25) is 14.3 Å². The molecule has 0 atom stereocenters. The molecule has 14 heteroatoms. The van der Waals surface area contributed by atoms with Crippen molar-refractivity contribution in [3.63, 3.8) is 0 Å². The van der Waals surface area contributed by atoms with Crippen molar-refractivity contribution in [1.82, 2.24) is 9.97 Å². The fraction of sp³-hybridized carbons (Fsp3) is 0.125. The third kappa shape index (κ3) is 10.1. The first-order valence-corrected chi connectivity index (χ1v) is 14.8. The van der Waals surface area contributed by atoms with Gasteiger partial charge in [-0.25, -0.2) is 18.4 Å². The number of nitrogens with one attached hydrogen (secondary N) is 1. The number of nitrogens with zero attached hydrogens (tertiary/aromatic N) is 2. The fourth-order valence-corrected chi connectivity index (χ4v) is 4.65. The van der Waals surface area contributed by atoms with Gasteiger partial charge in [-0.15, -0.1) is 0 Å². The van der Waals surface area contributed by atoms with Gasteiger partial charge in [0.25, 0.3) is 15.9 Å². The minimum Gasteiger partial charge on any atom is -0.504 e. The van der Waals surface area contributed by atoms with Gasteiger partial charge in [0.05, 0.1) is 32.6 Å². The lowest BCUT2D eigenvalue weighted by Gasteiger charge is -2.09. The van der Waals surface area contributed by atoms with Crippen molar-refractivity contribution in [3.8, 4) is 28.9 Å². The van der Waals surface area contributed by atoms with Crippen molar-refractivity contribution in [2.45, 2.75) is 11.3 Å². The molecule has 240 valence electrons. The van der Waals surface area contributed by atoms with Crippen molar-refractivity contribution >= 4 is 45.2 Å². The van der Waals surface area contributed by atoms with E-state index in [2.05, 4.69) is 14.7 Å². The van der Waals surface area contributed by atoms with E-state index in [0.717, 1.165) is 0 Å². The van der Waals surface area contributed by atoms with Crippen LogP contribution >= 0.6 is 0 Å². The molecule has 5 N–H and O–H groups in total. The molecule has 4 aromatic rings. The van der Waals surface area contributed by atoms with E-state index in [9.17, 15) is 28.2 Å². The number of hydrogen-bond acceptors (Lipinski definition) is 12. The molecule has 0 saturated carbocycles. The number of phenols is 2. The lowest BCUT2D eigenvalue weighted by molar-refractivity contribution is -0.121. The van der Waals surface area contributed by atoms with Crippen molar-refractivity contribution in [2.24, 2.45) is 0 Å². The number of sulfonamides is 1. The Balaban J connectivity index is 0.000000266. The van der Waals surface area contributed by atoms with Crippen molar-refractivity contribution in [2.75, 3.05) is 31.8 Å². The van der Waals surface area contributed by atoms with Gasteiger partial charge in [0, 0.05) is 18.1 Å². The Morgan fingerprint density at radius 1 is 0.783 bits per heavy atom. The van der Waals surface area contributed by atoms with Crippen LogP contribution in [0.1, 0.15) is 17.5 Å². The molecule has 4 rings (SSSR count). The SMILES string of the molecule is COc1cc(/C=C/C(=O)CC(=O)/C=C/c2ccc(O)c(OC)c2)ccc1O.COc1nccnc1NS(=O)(=O)c1ccc(N)cc1. The summed E-state index contributed by atoms with van der Waals surface area (Å²) in [7, 11) is 0.495. The summed E-state index contributed by atoms with van der Waals surface area (Å²) in [5.41, 5.74) is 7.32. The highest BCUT2D eigenvalue weighted by atomic mass is 32.2. The standard InChI is InChI=1S/C21H20O6.C11H12N4O3S/c1-26-20-11-14(5-9-18(20)24)3-7-16(22)13-17(23)8-4-15-6-10-19(25)21(12-15)27-2;1-18-11-10(13-6-7-14-11)15-19(16,17)9-4-2-8(12)3-5-9/h3-12,24-25H,13H2,1-2H3;2-7H,12H2,1H3,(H,13,15)/b7-3+,8-4+;. The molecule has 0 fully saturated rings. The monoisotopic (exact) mass is 648 g/mol. The quantitative estimate of drug-likeness (QED) is 0.0969. The summed E-state index contributed by atoms with van der Waals surface area (Å²) in [5.74, 6) is 0.0449. The molecule has 0 amide bonds. The van der Waals surface area contributed by atoms with Crippen LogP contribution in [0.3, 0.4) is 0 Å². The molecule has 0 aliphatic heterocycles. The Morgan fingerprint density at radius 3 is 1.76 bits per heavy atom. The smallest absolute Gasteiger partial charge is 0.263 e. The Morgan fingerprint density at radius 2 is 1.28 bits per heavy atom. The average Bonchev–Trinajstić information content (AvgIpc) is 3.04. The number of nitrogen functional groups attached to an aromatic ring is 1. The number of phenolic OH excluding ortho intramolecular Hbond substituents is 2. The minimum atomic E-state index is -3.75. The first-order valence-electron chi connectivity index (χ1n) is 13.3. The van der Waals surface area contributed by atoms with Crippen LogP contribution in [0.15, 0.2) is 90.1 Å². The zero-order valence-electron chi connectivity index (χ0n) is 25.1. The van der Waals surface area contributed by atoms with Crippen molar-refractivity contribution in [1.29, 1.82) is 0 Å². The Kier molecular flexibility index (Phi) is 12.2. The fourth-order valence-electron chi connectivity index (χ4n) is 3.64. The number of carbonyl (C=O) groups is 2. The van der Waals surface area contributed by atoms with Gasteiger partial charge < -0.3 is 30.2 Å². The Hall–Kier alpha value is -5.89. The summed E-state index contributed by atoms with van der Waals surface area (Å²) >= 11 is 0. The van der Waals surface area contributed by atoms with Gasteiger partial charge in [0.1, 0.15) is 0 Å². The Labute approximate surface area is 265 Å². The molecule has 0 spiro atoms. The summed E-state index contributed by atoms with van der Waals surface area (Å²) in [6, 6.07) is 15.2. The normalized spacial score (nSPS) is 11.0. The largest absolute Gasteiger partial charge is 0.504 e. The molecule has 0 bridgehead atoms. The Bertz CT molecular complexity index is 1770. The van der Waals surface area contributed by atoms with Gasteiger partial charge in [0.2, 0.25) is 5.82 Å². The lowest BCUT2D eigenvalue weighted by Crippen LogP contribution is -2.15. The predicted molar refractivity (Wildman–Crippen MR) is 172 cm³/mol. The van der Waals surface area contributed by atoms with E-state index >= 15 is 0 Å². The zero-order chi connectivity index (χ0) is 33.7. The number of allylic oxidation sites excluding steroid dienone is 2. The van der Waals surface area contributed by atoms with Gasteiger partial charge in [-0.2, -0.15) is 0 Å².